The molecule has 3 aromatic rings. The molecule has 0 N–H and O–H groups in total. The molecule has 3 aromatic carbocycles. The Kier molecular flexibility index (Phi) is 6.79. The summed E-state index contributed by atoms with van der Waals surface area (Å²) in [6, 6.07) is 15.8. The zero-order chi connectivity index (χ0) is 23.3. The van der Waals surface area contributed by atoms with Gasteiger partial charge < -0.3 is 9.47 Å². The van der Waals surface area contributed by atoms with Gasteiger partial charge in [-0.05, 0) is 43.3 Å². The smallest absolute Gasteiger partial charge is 0.420 e. The molecule has 0 spiro atoms. The first-order valence-corrected chi connectivity index (χ1v) is 9.45. The van der Waals surface area contributed by atoms with Gasteiger partial charge in [0.2, 0.25) is 0 Å². The van der Waals surface area contributed by atoms with E-state index in [1.807, 2.05) is 6.92 Å². The third-order valence-electron chi connectivity index (χ3n) is 4.62. The number of hydrogen-bond donors (Lipinski definition) is 0. The molecular weight excluding hydrogens is 419 g/mol. The van der Waals surface area contributed by atoms with E-state index >= 15 is 0 Å². The number of nitro groups is 1. The Hall–Kier alpha value is -4.27. The van der Waals surface area contributed by atoms with Crippen molar-refractivity contribution in [3.8, 4) is 5.75 Å². The van der Waals surface area contributed by atoms with Crippen LogP contribution in [0.4, 0.5) is 20.6 Å². The van der Waals surface area contributed by atoms with Crippen LogP contribution in [0.25, 0.3) is 0 Å². The number of ether oxygens (including phenoxy) is 2. The van der Waals surface area contributed by atoms with Crippen LogP contribution < -0.4 is 9.64 Å². The van der Waals surface area contributed by atoms with Gasteiger partial charge in [0, 0.05) is 23.4 Å². The highest BCUT2D eigenvalue weighted by Gasteiger charge is 2.21. The number of methoxy groups -OCH3 is 1. The zero-order valence-electron chi connectivity index (χ0n) is 17.3. The topological polar surface area (TPSA) is 99.0 Å². The Balaban J connectivity index is 1.88. The van der Waals surface area contributed by atoms with E-state index < -0.39 is 22.8 Å². The summed E-state index contributed by atoms with van der Waals surface area (Å²) < 4.78 is 24.6. The molecular formula is C23H19FN2O6. The molecule has 1 amide bonds. The predicted molar refractivity (Wildman–Crippen MR) is 114 cm³/mol. The normalized spacial score (nSPS) is 10.3. The van der Waals surface area contributed by atoms with Gasteiger partial charge in [0.15, 0.2) is 0 Å². The quantitative estimate of drug-likeness (QED) is 0.304. The molecule has 0 unspecified atom stereocenters. The molecule has 8 nitrogen and oxygen atoms in total. The third-order valence-corrected chi connectivity index (χ3v) is 4.62. The molecule has 0 aromatic heterocycles. The van der Waals surface area contributed by atoms with Crippen molar-refractivity contribution in [3.05, 3.63) is 99.4 Å². The van der Waals surface area contributed by atoms with Crippen molar-refractivity contribution >= 4 is 23.4 Å². The lowest BCUT2D eigenvalue weighted by Gasteiger charge is -2.23. The van der Waals surface area contributed by atoms with E-state index in [2.05, 4.69) is 4.74 Å². The number of hydrogen-bond acceptors (Lipinski definition) is 6. The molecule has 3 rings (SSSR count). The lowest BCUT2D eigenvalue weighted by atomic mass is 10.1. The number of carbonyl (C=O) groups is 2. The monoisotopic (exact) mass is 438 g/mol. The first-order valence-electron chi connectivity index (χ1n) is 9.45. The summed E-state index contributed by atoms with van der Waals surface area (Å²) in [6.45, 7) is 1.71. The molecule has 0 heterocycles. The van der Waals surface area contributed by atoms with Gasteiger partial charge in [0.1, 0.15) is 11.6 Å². The van der Waals surface area contributed by atoms with E-state index in [0.29, 0.717) is 5.69 Å². The molecule has 0 aliphatic heterocycles. The minimum absolute atomic E-state index is 0.0455. The number of amides is 1. The van der Waals surface area contributed by atoms with E-state index in [1.54, 1.807) is 24.3 Å². The number of benzene rings is 3. The number of aryl methyl sites for hydroxylation is 1. The number of halogens is 1. The fourth-order valence-electron chi connectivity index (χ4n) is 2.87. The molecule has 0 radical (unpaired) electrons. The maximum atomic E-state index is 14.6. The average molecular weight is 438 g/mol. The van der Waals surface area contributed by atoms with Crippen LogP contribution in [0.5, 0.6) is 5.75 Å². The summed E-state index contributed by atoms with van der Waals surface area (Å²) in [4.78, 5) is 36.0. The number of nitro benzene ring substituents is 1. The molecule has 0 saturated carbocycles. The Morgan fingerprint density at radius 2 is 1.69 bits per heavy atom. The molecule has 0 fully saturated rings. The maximum Gasteiger partial charge on any atom is 0.420 e. The highest BCUT2D eigenvalue weighted by Crippen LogP contribution is 2.24. The van der Waals surface area contributed by atoms with Crippen molar-refractivity contribution in [2.24, 2.45) is 0 Å². The van der Waals surface area contributed by atoms with E-state index in [9.17, 15) is 24.1 Å². The highest BCUT2D eigenvalue weighted by molar-refractivity contribution is 5.90. The molecule has 164 valence electrons. The molecule has 0 atom stereocenters. The summed E-state index contributed by atoms with van der Waals surface area (Å²) in [6.07, 6.45) is -0.806. The number of esters is 1. The second kappa shape index (κ2) is 9.69. The molecule has 0 aliphatic rings. The van der Waals surface area contributed by atoms with Crippen molar-refractivity contribution in [2.75, 3.05) is 12.0 Å². The van der Waals surface area contributed by atoms with E-state index in [4.69, 9.17) is 4.74 Å². The van der Waals surface area contributed by atoms with Crippen molar-refractivity contribution in [2.45, 2.75) is 13.5 Å². The van der Waals surface area contributed by atoms with Gasteiger partial charge in [-0.3, -0.25) is 15.0 Å². The molecule has 9 heteroatoms. The first-order chi connectivity index (χ1) is 15.3. The van der Waals surface area contributed by atoms with Crippen LogP contribution >= 0.6 is 0 Å². The third kappa shape index (κ3) is 5.25. The summed E-state index contributed by atoms with van der Waals surface area (Å²) >= 11 is 0. The van der Waals surface area contributed by atoms with Crippen LogP contribution in [-0.4, -0.2) is 24.1 Å². The van der Waals surface area contributed by atoms with Crippen LogP contribution in [0, 0.1) is 22.9 Å². The summed E-state index contributed by atoms with van der Waals surface area (Å²) in [7, 11) is 1.20. The SMILES string of the molecule is COC(=O)c1ccc(CN(C(=O)Oc2ccc([N+](=O)[O-])cc2)c2ccc(C)cc2)c(F)c1. The zero-order valence-corrected chi connectivity index (χ0v) is 17.3. The van der Waals surface area contributed by atoms with E-state index in [-0.39, 0.29) is 29.1 Å². The number of carbonyl (C=O) groups excluding carboxylic acids is 2. The average Bonchev–Trinajstić information content (AvgIpc) is 2.78. The number of anilines is 1. The largest absolute Gasteiger partial charge is 0.465 e. The summed E-state index contributed by atoms with van der Waals surface area (Å²) in [5, 5.41) is 10.8. The van der Waals surface area contributed by atoms with Crippen LogP contribution in [0.2, 0.25) is 0 Å². The lowest BCUT2D eigenvalue weighted by molar-refractivity contribution is -0.384. The van der Waals surface area contributed by atoms with Gasteiger partial charge in [-0.15, -0.1) is 0 Å². The van der Waals surface area contributed by atoms with Crippen LogP contribution in [-0.2, 0) is 11.3 Å². The molecule has 0 aliphatic carbocycles. The van der Waals surface area contributed by atoms with Gasteiger partial charge in [-0.1, -0.05) is 23.8 Å². The number of non-ortho nitro benzene ring substituents is 1. The van der Waals surface area contributed by atoms with E-state index in [0.717, 1.165) is 11.6 Å². The minimum Gasteiger partial charge on any atom is -0.465 e. The van der Waals surface area contributed by atoms with Crippen molar-refractivity contribution in [1.82, 2.24) is 0 Å². The Labute approximate surface area is 182 Å². The summed E-state index contributed by atoms with van der Waals surface area (Å²) in [5.74, 6) is -1.27. The van der Waals surface area contributed by atoms with Gasteiger partial charge in [-0.2, -0.15) is 0 Å². The Morgan fingerprint density at radius 3 is 2.25 bits per heavy atom. The Bertz CT molecular complexity index is 1150. The van der Waals surface area contributed by atoms with Crippen LogP contribution in [0.3, 0.4) is 0 Å². The van der Waals surface area contributed by atoms with Crippen molar-refractivity contribution in [1.29, 1.82) is 0 Å². The van der Waals surface area contributed by atoms with Gasteiger partial charge in [-0.25, -0.2) is 14.0 Å². The summed E-state index contributed by atoms with van der Waals surface area (Å²) in [5.41, 5.74) is 1.47. The van der Waals surface area contributed by atoms with Gasteiger partial charge in [0.05, 0.1) is 24.1 Å². The fourth-order valence-corrected chi connectivity index (χ4v) is 2.87. The fraction of sp³-hybridized carbons (Fsp3) is 0.130. The second-order valence-electron chi connectivity index (χ2n) is 6.84. The molecule has 0 saturated heterocycles. The molecule has 0 bridgehead atoms. The lowest BCUT2D eigenvalue weighted by Crippen LogP contribution is -2.33. The van der Waals surface area contributed by atoms with Gasteiger partial charge in [0.25, 0.3) is 5.69 Å². The Morgan fingerprint density at radius 1 is 1.03 bits per heavy atom. The van der Waals surface area contributed by atoms with Crippen molar-refractivity contribution in [3.63, 3.8) is 0 Å². The van der Waals surface area contributed by atoms with Crippen molar-refractivity contribution < 1.29 is 28.4 Å². The number of nitrogens with zero attached hydrogens (tertiary/aromatic N) is 2. The number of rotatable bonds is 6. The maximum absolute atomic E-state index is 14.6. The minimum atomic E-state index is -0.806. The highest BCUT2D eigenvalue weighted by atomic mass is 19.1. The second-order valence-corrected chi connectivity index (χ2v) is 6.84. The molecule has 32 heavy (non-hydrogen) atoms. The van der Waals surface area contributed by atoms with Gasteiger partial charge >= 0.3 is 12.1 Å². The van der Waals surface area contributed by atoms with Crippen LogP contribution in [0.1, 0.15) is 21.5 Å². The standard InChI is InChI=1S/C23H19FN2O6/c1-15-3-7-18(8-4-15)25(14-17-6-5-16(13-21(17)24)22(27)31-2)23(28)32-20-11-9-19(10-12-20)26(29)30/h3-13H,14H2,1-2H3. The first kappa shape index (κ1) is 22.4. The van der Waals surface area contributed by atoms with E-state index in [1.165, 1.54) is 48.4 Å². The van der Waals surface area contributed by atoms with Crippen LogP contribution in [0.15, 0.2) is 66.7 Å². The predicted octanol–water partition coefficient (Wildman–Crippen LogP) is 5.03.